The van der Waals surface area contributed by atoms with Crippen molar-refractivity contribution in [2.75, 3.05) is 13.2 Å². The van der Waals surface area contributed by atoms with E-state index in [9.17, 15) is 4.79 Å². The van der Waals surface area contributed by atoms with Crippen LogP contribution >= 0.6 is 0 Å². The van der Waals surface area contributed by atoms with Crippen molar-refractivity contribution in [2.24, 2.45) is 16.5 Å². The molecule has 1 aliphatic heterocycles. The van der Waals surface area contributed by atoms with Crippen molar-refractivity contribution in [2.45, 2.75) is 59.2 Å². The highest BCUT2D eigenvalue weighted by Crippen LogP contribution is 2.50. The van der Waals surface area contributed by atoms with E-state index >= 15 is 0 Å². The summed E-state index contributed by atoms with van der Waals surface area (Å²) in [7, 11) is 0. The summed E-state index contributed by atoms with van der Waals surface area (Å²) in [5, 5.41) is 4.18. The van der Waals surface area contributed by atoms with Crippen molar-refractivity contribution in [1.82, 2.24) is 0 Å². The third kappa shape index (κ3) is 2.68. The lowest BCUT2D eigenvalue weighted by Gasteiger charge is -2.25. The number of oxime groups is 1. The van der Waals surface area contributed by atoms with Gasteiger partial charge in [-0.3, -0.25) is 0 Å². The first-order valence-electron chi connectivity index (χ1n) is 7.39. The standard InChI is InChI=1S/C15H25NO4/c1-6-18-11-8-10(11)15(13(17)19-7-2)9-12(16-20-15)14(3,4)5/h10-11H,6-9H2,1-5H3. The Balaban J connectivity index is 2.15. The Bertz CT molecular complexity index is 413. The first-order chi connectivity index (χ1) is 9.35. The largest absolute Gasteiger partial charge is 0.463 e. The van der Waals surface area contributed by atoms with Gasteiger partial charge in [-0.2, -0.15) is 0 Å². The second-order valence-corrected chi connectivity index (χ2v) is 6.50. The van der Waals surface area contributed by atoms with Crippen LogP contribution in [0.2, 0.25) is 0 Å². The lowest BCUT2D eigenvalue weighted by Crippen LogP contribution is -2.45. The highest BCUT2D eigenvalue weighted by Gasteiger charge is 2.64. The molecular weight excluding hydrogens is 258 g/mol. The summed E-state index contributed by atoms with van der Waals surface area (Å²) >= 11 is 0. The zero-order chi connectivity index (χ0) is 15.0. The van der Waals surface area contributed by atoms with E-state index in [0.29, 0.717) is 19.6 Å². The van der Waals surface area contributed by atoms with Gasteiger partial charge >= 0.3 is 5.97 Å². The van der Waals surface area contributed by atoms with E-state index in [-0.39, 0.29) is 23.4 Å². The summed E-state index contributed by atoms with van der Waals surface area (Å²) in [6, 6.07) is 0. The molecule has 3 atom stereocenters. The van der Waals surface area contributed by atoms with Crippen LogP contribution < -0.4 is 0 Å². The molecule has 0 radical (unpaired) electrons. The molecule has 20 heavy (non-hydrogen) atoms. The SMILES string of the molecule is CCOC(=O)C1(C2CC2OCC)CC(C(C)(C)C)=NO1. The molecule has 0 aromatic rings. The van der Waals surface area contributed by atoms with E-state index in [2.05, 4.69) is 25.9 Å². The molecular formula is C15H25NO4. The molecule has 5 nitrogen and oxygen atoms in total. The highest BCUT2D eigenvalue weighted by atomic mass is 16.7. The molecule has 1 aliphatic carbocycles. The van der Waals surface area contributed by atoms with Crippen molar-refractivity contribution < 1.29 is 19.1 Å². The quantitative estimate of drug-likeness (QED) is 0.728. The van der Waals surface area contributed by atoms with Crippen LogP contribution in [-0.2, 0) is 19.1 Å². The summed E-state index contributed by atoms with van der Waals surface area (Å²) < 4.78 is 10.8. The molecule has 0 aromatic carbocycles. The van der Waals surface area contributed by atoms with E-state index in [4.69, 9.17) is 14.3 Å². The van der Waals surface area contributed by atoms with Crippen LogP contribution in [0.5, 0.6) is 0 Å². The summed E-state index contributed by atoms with van der Waals surface area (Å²) in [4.78, 5) is 18.0. The second kappa shape index (κ2) is 5.35. The van der Waals surface area contributed by atoms with Crippen molar-refractivity contribution in [3.05, 3.63) is 0 Å². The zero-order valence-corrected chi connectivity index (χ0v) is 13.1. The maximum absolute atomic E-state index is 12.4. The maximum atomic E-state index is 12.4. The molecule has 0 aromatic heterocycles. The first-order valence-corrected chi connectivity index (χ1v) is 7.39. The number of nitrogens with zero attached hydrogens (tertiary/aromatic N) is 1. The maximum Gasteiger partial charge on any atom is 0.354 e. The molecule has 0 spiro atoms. The average molecular weight is 283 g/mol. The minimum atomic E-state index is -0.974. The fourth-order valence-electron chi connectivity index (χ4n) is 2.63. The fraction of sp³-hybridized carbons (Fsp3) is 0.867. The lowest BCUT2D eigenvalue weighted by molar-refractivity contribution is -0.173. The monoisotopic (exact) mass is 283 g/mol. The van der Waals surface area contributed by atoms with Gasteiger partial charge in [-0.25, -0.2) is 4.79 Å². The van der Waals surface area contributed by atoms with Crippen LogP contribution in [0, 0.1) is 11.3 Å². The summed E-state index contributed by atoms with van der Waals surface area (Å²) in [6.45, 7) is 11.0. The van der Waals surface area contributed by atoms with E-state index < -0.39 is 5.60 Å². The Labute approximate surface area is 120 Å². The number of esters is 1. The predicted molar refractivity (Wildman–Crippen MR) is 75.5 cm³/mol. The fourth-order valence-corrected chi connectivity index (χ4v) is 2.63. The molecule has 1 heterocycles. The van der Waals surface area contributed by atoms with Crippen LogP contribution in [0.4, 0.5) is 0 Å². The van der Waals surface area contributed by atoms with Crippen LogP contribution in [0.25, 0.3) is 0 Å². The van der Waals surface area contributed by atoms with Gasteiger partial charge in [-0.1, -0.05) is 25.9 Å². The summed E-state index contributed by atoms with van der Waals surface area (Å²) in [5.41, 5.74) is -0.171. The molecule has 0 amide bonds. The smallest absolute Gasteiger partial charge is 0.354 e. The van der Waals surface area contributed by atoms with Gasteiger partial charge in [0.2, 0.25) is 5.60 Å². The highest BCUT2D eigenvalue weighted by molar-refractivity contribution is 5.97. The first kappa shape index (κ1) is 15.3. The van der Waals surface area contributed by atoms with Gasteiger partial charge in [0.15, 0.2) is 0 Å². The molecule has 0 saturated heterocycles. The van der Waals surface area contributed by atoms with Gasteiger partial charge in [0.1, 0.15) is 0 Å². The van der Waals surface area contributed by atoms with Crippen LogP contribution in [0.1, 0.15) is 47.5 Å². The van der Waals surface area contributed by atoms with Crippen LogP contribution in [-0.4, -0.2) is 36.6 Å². The van der Waals surface area contributed by atoms with Gasteiger partial charge < -0.3 is 14.3 Å². The van der Waals surface area contributed by atoms with E-state index in [0.717, 1.165) is 12.1 Å². The number of hydrogen-bond donors (Lipinski definition) is 0. The Morgan fingerprint density at radius 1 is 1.40 bits per heavy atom. The third-order valence-electron chi connectivity index (χ3n) is 3.95. The Morgan fingerprint density at radius 3 is 2.60 bits per heavy atom. The average Bonchev–Trinajstić information content (AvgIpc) is 2.97. The van der Waals surface area contributed by atoms with E-state index in [1.54, 1.807) is 6.92 Å². The molecule has 5 heteroatoms. The predicted octanol–water partition coefficient (Wildman–Crippen LogP) is 2.54. The van der Waals surface area contributed by atoms with Crippen molar-refractivity contribution >= 4 is 11.7 Å². The van der Waals surface area contributed by atoms with E-state index in [1.807, 2.05) is 6.92 Å². The second-order valence-electron chi connectivity index (χ2n) is 6.50. The Morgan fingerprint density at radius 2 is 2.10 bits per heavy atom. The minimum absolute atomic E-state index is 0.0464. The lowest BCUT2D eigenvalue weighted by atomic mass is 9.81. The molecule has 1 saturated carbocycles. The van der Waals surface area contributed by atoms with E-state index in [1.165, 1.54) is 0 Å². The molecule has 114 valence electrons. The molecule has 2 aliphatic rings. The van der Waals surface area contributed by atoms with Gasteiger partial charge in [-0.15, -0.1) is 0 Å². The van der Waals surface area contributed by atoms with Gasteiger partial charge in [0, 0.05) is 24.4 Å². The van der Waals surface area contributed by atoms with Crippen molar-refractivity contribution in [1.29, 1.82) is 0 Å². The van der Waals surface area contributed by atoms with Crippen molar-refractivity contribution in [3.8, 4) is 0 Å². The van der Waals surface area contributed by atoms with Crippen LogP contribution in [0.3, 0.4) is 0 Å². The molecule has 1 fully saturated rings. The molecule has 3 unspecified atom stereocenters. The molecule has 0 N–H and O–H groups in total. The number of carbonyl (C=O) groups excluding carboxylic acids is 1. The number of rotatable bonds is 5. The van der Waals surface area contributed by atoms with Crippen molar-refractivity contribution in [3.63, 3.8) is 0 Å². The Kier molecular flexibility index (Phi) is 4.09. The molecule has 2 rings (SSSR count). The van der Waals surface area contributed by atoms with Gasteiger partial charge in [0.25, 0.3) is 0 Å². The van der Waals surface area contributed by atoms with Gasteiger partial charge in [0.05, 0.1) is 18.4 Å². The Hall–Kier alpha value is -1.10. The third-order valence-corrected chi connectivity index (χ3v) is 3.95. The van der Waals surface area contributed by atoms with Crippen LogP contribution in [0.15, 0.2) is 5.16 Å². The van der Waals surface area contributed by atoms with Gasteiger partial charge in [-0.05, 0) is 20.3 Å². The number of carbonyl (C=O) groups is 1. The molecule has 0 bridgehead atoms. The topological polar surface area (TPSA) is 57.1 Å². The zero-order valence-electron chi connectivity index (χ0n) is 13.1. The minimum Gasteiger partial charge on any atom is -0.463 e. The summed E-state index contributed by atoms with van der Waals surface area (Å²) in [6.07, 6.45) is 1.42. The number of ether oxygens (including phenoxy) is 2. The summed E-state index contributed by atoms with van der Waals surface area (Å²) in [5.74, 6) is -0.264. The normalized spacial score (nSPS) is 32.5. The number of hydrogen-bond acceptors (Lipinski definition) is 5.